The van der Waals surface area contributed by atoms with E-state index in [0.717, 1.165) is 4.47 Å². The minimum atomic E-state index is -0.502. The summed E-state index contributed by atoms with van der Waals surface area (Å²) >= 11 is 3.37. The normalized spacial score (nSPS) is 21.1. The third-order valence-electron chi connectivity index (χ3n) is 3.54. The highest BCUT2D eigenvalue weighted by Gasteiger charge is 2.53. The van der Waals surface area contributed by atoms with Crippen molar-refractivity contribution in [2.24, 2.45) is 0 Å². The zero-order valence-corrected chi connectivity index (χ0v) is 12.9. The largest absolute Gasteiger partial charge is 0.518 e. The van der Waals surface area contributed by atoms with Crippen molar-refractivity contribution >= 4 is 28.6 Å². The number of hydrogen-bond acceptors (Lipinski definition) is 4. The van der Waals surface area contributed by atoms with Crippen LogP contribution >= 0.6 is 15.9 Å². The molecule has 2 heterocycles. The van der Waals surface area contributed by atoms with Crippen LogP contribution in [-0.2, 0) is 9.31 Å². The number of aromatic nitrogens is 1. The zero-order valence-electron chi connectivity index (χ0n) is 11.3. The molecule has 1 aromatic rings. The van der Waals surface area contributed by atoms with Crippen LogP contribution in [0.1, 0.15) is 27.7 Å². The smallest absolute Gasteiger partial charge is 0.495 e. The van der Waals surface area contributed by atoms with E-state index in [1.807, 2.05) is 33.8 Å². The maximum Gasteiger partial charge on any atom is 0.518 e. The van der Waals surface area contributed by atoms with E-state index in [4.69, 9.17) is 14.0 Å². The highest BCUT2D eigenvalue weighted by atomic mass is 79.9. The van der Waals surface area contributed by atoms with Crippen LogP contribution in [0.4, 0.5) is 0 Å². The van der Waals surface area contributed by atoms with Crippen LogP contribution in [-0.4, -0.2) is 30.4 Å². The molecule has 0 aromatic carbocycles. The Kier molecular flexibility index (Phi) is 3.47. The molecule has 0 radical (unpaired) electrons. The second kappa shape index (κ2) is 4.51. The maximum absolute atomic E-state index is 5.95. The number of halogens is 1. The van der Waals surface area contributed by atoms with E-state index in [9.17, 15) is 0 Å². The van der Waals surface area contributed by atoms with Crippen LogP contribution in [0.25, 0.3) is 0 Å². The first kappa shape index (κ1) is 13.8. The molecule has 1 fully saturated rings. The Morgan fingerprint density at radius 3 is 2.28 bits per heavy atom. The molecule has 1 aliphatic heterocycles. The summed E-state index contributed by atoms with van der Waals surface area (Å²) in [5.41, 5.74) is -0.0890. The quantitative estimate of drug-likeness (QED) is 0.785. The molecule has 0 aliphatic carbocycles. The van der Waals surface area contributed by atoms with Gasteiger partial charge in [0.2, 0.25) is 0 Å². The maximum atomic E-state index is 5.95. The van der Waals surface area contributed by atoms with Gasteiger partial charge in [0.05, 0.1) is 18.3 Å². The number of ether oxygens (including phenoxy) is 1. The molecule has 0 atom stereocenters. The van der Waals surface area contributed by atoms with Crippen molar-refractivity contribution in [3.8, 4) is 5.75 Å². The Hall–Kier alpha value is -0.585. The monoisotopic (exact) mass is 313 g/mol. The van der Waals surface area contributed by atoms with E-state index >= 15 is 0 Å². The van der Waals surface area contributed by atoms with Crippen molar-refractivity contribution in [2.45, 2.75) is 38.9 Å². The van der Waals surface area contributed by atoms with E-state index in [0.29, 0.717) is 11.3 Å². The van der Waals surface area contributed by atoms with Gasteiger partial charge in [-0.2, -0.15) is 0 Å². The first-order valence-corrected chi connectivity index (χ1v) is 6.61. The summed E-state index contributed by atoms with van der Waals surface area (Å²) in [7, 11) is 1.11. The first-order valence-electron chi connectivity index (χ1n) is 5.82. The lowest BCUT2D eigenvalue weighted by atomic mass is 9.83. The fourth-order valence-corrected chi connectivity index (χ4v) is 2.04. The predicted octanol–water partition coefficient (Wildman–Crippen LogP) is 2.15. The van der Waals surface area contributed by atoms with Crippen molar-refractivity contribution in [1.82, 2.24) is 4.98 Å². The predicted molar refractivity (Wildman–Crippen MR) is 74.2 cm³/mol. The van der Waals surface area contributed by atoms with Gasteiger partial charge in [-0.3, -0.25) is 4.98 Å². The summed E-state index contributed by atoms with van der Waals surface area (Å²) in [5.74, 6) is 0.655. The van der Waals surface area contributed by atoms with Crippen molar-refractivity contribution in [3.05, 3.63) is 16.7 Å². The number of pyridine rings is 1. The average Bonchev–Trinajstić information content (AvgIpc) is 2.47. The second-order valence-corrected chi connectivity index (χ2v) is 6.24. The molecule has 0 unspecified atom stereocenters. The van der Waals surface area contributed by atoms with Gasteiger partial charge in [-0.05, 0) is 49.7 Å². The molecule has 18 heavy (non-hydrogen) atoms. The lowest BCUT2D eigenvalue weighted by molar-refractivity contribution is 0.00578. The van der Waals surface area contributed by atoms with Gasteiger partial charge in [-0.1, -0.05) is 0 Å². The van der Waals surface area contributed by atoms with Crippen LogP contribution in [0.15, 0.2) is 16.7 Å². The van der Waals surface area contributed by atoms with Crippen molar-refractivity contribution in [1.29, 1.82) is 0 Å². The average molecular weight is 314 g/mol. The number of nitrogens with zero attached hydrogens (tertiary/aromatic N) is 1. The van der Waals surface area contributed by atoms with Crippen LogP contribution in [0, 0.1) is 0 Å². The Morgan fingerprint density at radius 1 is 1.22 bits per heavy atom. The van der Waals surface area contributed by atoms with E-state index in [1.54, 1.807) is 13.3 Å². The minimum Gasteiger partial charge on any atom is -0.495 e. The topological polar surface area (TPSA) is 40.6 Å². The molecule has 0 amide bonds. The van der Waals surface area contributed by atoms with Crippen LogP contribution in [0.2, 0.25) is 0 Å². The lowest BCUT2D eigenvalue weighted by Gasteiger charge is -2.32. The van der Waals surface area contributed by atoms with Crippen molar-refractivity contribution in [3.63, 3.8) is 0 Å². The van der Waals surface area contributed by atoms with E-state index in [2.05, 4.69) is 20.9 Å². The van der Waals surface area contributed by atoms with E-state index < -0.39 is 7.12 Å². The summed E-state index contributed by atoms with van der Waals surface area (Å²) in [5, 5.41) is 0. The lowest BCUT2D eigenvalue weighted by Crippen LogP contribution is -2.41. The SMILES string of the molecule is COc1cc(Br)cnc1B1OC(C)(C)C(C)(C)O1. The van der Waals surface area contributed by atoms with Crippen LogP contribution < -0.4 is 10.3 Å². The summed E-state index contributed by atoms with van der Waals surface area (Å²) in [4.78, 5) is 4.34. The van der Waals surface area contributed by atoms with Gasteiger partial charge in [0, 0.05) is 10.7 Å². The summed E-state index contributed by atoms with van der Waals surface area (Å²) in [6.45, 7) is 8.05. The van der Waals surface area contributed by atoms with Gasteiger partial charge < -0.3 is 14.0 Å². The van der Waals surface area contributed by atoms with Crippen molar-refractivity contribution in [2.75, 3.05) is 7.11 Å². The molecule has 1 aromatic heterocycles. The minimum absolute atomic E-state index is 0.378. The standard InChI is InChI=1S/C12H17BBrNO3/c1-11(2)12(3,4)18-13(17-11)10-9(16-5)6-8(14)7-15-10/h6-7H,1-5H3. The molecule has 6 heteroatoms. The van der Waals surface area contributed by atoms with Crippen molar-refractivity contribution < 1.29 is 14.0 Å². The Labute approximate surface area is 116 Å². The van der Waals surface area contributed by atoms with Gasteiger partial charge >= 0.3 is 7.12 Å². The molecule has 4 nitrogen and oxygen atoms in total. The number of rotatable bonds is 2. The van der Waals surface area contributed by atoms with E-state index in [-0.39, 0.29) is 11.2 Å². The summed E-state index contributed by atoms with van der Waals surface area (Å²) in [6.07, 6.45) is 1.71. The summed E-state index contributed by atoms with van der Waals surface area (Å²) < 4.78 is 18.1. The zero-order chi connectivity index (χ0) is 13.6. The highest BCUT2D eigenvalue weighted by Crippen LogP contribution is 2.37. The Bertz CT molecular complexity index is 449. The van der Waals surface area contributed by atoms with Crippen LogP contribution in [0.5, 0.6) is 5.75 Å². The van der Waals surface area contributed by atoms with Gasteiger partial charge in [-0.15, -0.1) is 0 Å². The van der Waals surface area contributed by atoms with Gasteiger partial charge in [-0.25, -0.2) is 0 Å². The number of methoxy groups -OCH3 is 1. The molecule has 1 aliphatic rings. The molecule has 1 saturated heterocycles. The third-order valence-corrected chi connectivity index (χ3v) is 3.98. The Morgan fingerprint density at radius 2 is 1.78 bits per heavy atom. The molecule has 0 saturated carbocycles. The molecular formula is C12H17BBrNO3. The first-order chi connectivity index (χ1) is 8.27. The summed E-state index contributed by atoms with van der Waals surface area (Å²) in [6, 6.07) is 1.85. The highest BCUT2D eigenvalue weighted by molar-refractivity contribution is 9.10. The number of hydrogen-bond donors (Lipinski definition) is 0. The Balaban J connectivity index is 2.35. The molecule has 2 rings (SSSR count). The van der Waals surface area contributed by atoms with Gasteiger partial charge in [0.1, 0.15) is 11.3 Å². The van der Waals surface area contributed by atoms with E-state index in [1.165, 1.54) is 0 Å². The van der Waals surface area contributed by atoms with Gasteiger partial charge in [0.15, 0.2) is 0 Å². The van der Waals surface area contributed by atoms with Crippen LogP contribution in [0.3, 0.4) is 0 Å². The third kappa shape index (κ3) is 2.29. The molecule has 0 N–H and O–H groups in total. The molecule has 98 valence electrons. The molecular weight excluding hydrogens is 297 g/mol. The fourth-order valence-electron chi connectivity index (χ4n) is 1.73. The molecule has 0 spiro atoms. The fraction of sp³-hybridized carbons (Fsp3) is 0.583. The molecule has 0 bridgehead atoms. The second-order valence-electron chi connectivity index (χ2n) is 5.33. The van der Waals surface area contributed by atoms with Gasteiger partial charge in [0.25, 0.3) is 0 Å².